The Hall–Kier alpha value is -1.05. The molecule has 2 heteroatoms. The predicted molar refractivity (Wildman–Crippen MR) is 43.0 cm³/mol. The second-order valence-corrected chi connectivity index (χ2v) is 2.68. The average Bonchev–Trinajstić information content (AvgIpc) is 2.78. The van der Waals surface area contributed by atoms with Gasteiger partial charge < -0.3 is 4.74 Å². The summed E-state index contributed by atoms with van der Waals surface area (Å²) in [5, 5.41) is 0. The molecule has 0 unspecified atom stereocenters. The van der Waals surface area contributed by atoms with Crippen LogP contribution >= 0.6 is 0 Å². The molecular formula is C9H12O2. The van der Waals surface area contributed by atoms with E-state index < -0.39 is 0 Å². The highest BCUT2D eigenvalue weighted by Crippen LogP contribution is 2.40. The Balaban J connectivity index is 2.27. The summed E-state index contributed by atoms with van der Waals surface area (Å²) in [5.74, 6) is 0.821. The first-order valence-electron chi connectivity index (χ1n) is 3.66. The first kappa shape index (κ1) is 8.05. The van der Waals surface area contributed by atoms with Crippen molar-refractivity contribution >= 4 is 5.97 Å². The van der Waals surface area contributed by atoms with E-state index in [-0.39, 0.29) is 5.97 Å². The van der Waals surface area contributed by atoms with Crippen molar-refractivity contribution in [3.05, 3.63) is 24.8 Å². The molecular weight excluding hydrogens is 140 g/mol. The summed E-state index contributed by atoms with van der Waals surface area (Å²) < 4.78 is 4.45. The fourth-order valence-corrected chi connectivity index (χ4v) is 0.998. The maximum absolute atomic E-state index is 10.6. The van der Waals surface area contributed by atoms with Crippen molar-refractivity contribution in [2.75, 3.05) is 7.11 Å². The number of hydrogen-bond donors (Lipinski definition) is 0. The molecule has 1 aliphatic rings. The number of hydrogen-bond acceptors (Lipinski definition) is 2. The lowest BCUT2D eigenvalue weighted by Gasteiger charge is -1.88. The molecule has 2 atom stereocenters. The molecule has 0 bridgehead atoms. The molecule has 1 saturated carbocycles. The van der Waals surface area contributed by atoms with Gasteiger partial charge in [0.2, 0.25) is 0 Å². The molecule has 11 heavy (non-hydrogen) atoms. The van der Waals surface area contributed by atoms with Gasteiger partial charge in [-0.3, -0.25) is 0 Å². The van der Waals surface area contributed by atoms with E-state index in [4.69, 9.17) is 0 Å². The Kier molecular flexibility index (Phi) is 2.47. The molecule has 0 amide bonds. The van der Waals surface area contributed by atoms with Crippen molar-refractivity contribution in [2.45, 2.75) is 6.42 Å². The highest BCUT2D eigenvalue weighted by molar-refractivity contribution is 5.81. The van der Waals surface area contributed by atoms with Crippen molar-refractivity contribution in [3.63, 3.8) is 0 Å². The number of carbonyl (C=O) groups is 1. The summed E-state index contributed by atoms with van der Waals surface area (Å²) in [5.41, 5.74) is 0. The Morgan fingerprint density at radius 3 is 2.82 bits per heavy atom. The number of allylic oxidation sites excluding steroid dienone is 2. The quantitative estimate of drug-likeness (QED) is 0.348. The summed E-state index contributed by atoms with van der Waals surface area (Å²) in [6, 6.07) is 0. The first-order chi connectivity index (χ1) is 5.27. The van der Waals surface area contributed by atoms with Crippen LogP contribution in [0.2, 0.25) is 0 Å². The normalized spacial score (nSPS) is 28.5. The molecule has 60 valence electrons. The Morgan fingerprint density at radius 1 is 1.64 bits per heavy atom. The number of methoxy groups -OCH3 is 1. The van der Waals surface area contributed by atoms with Gasteiger partial charge in [0, 0.05) is 6.08 Å². The lowest BCUT2D eigenvalue weighted by atomic mass is 10.3. The van der Waals surface area contributed by atoms with Gasteiger partial charge in [0.25, 0.3) is 0 Å². The van der Waals surface area contributed by atoms with Gasteiger partial charge in [-0.25, -0.2) is 4.79 Å². The summed E-state index contributed by atoms with van der Waals surface area (Å²) in [7, 11) is 1.38. The van der Waals surface area contributed by atoms with Crippen LogP contribution in [0.5, 0.6) is 0 Å². The molecule has 0 N–H and O–H groups in total. The molecule has 0 aromatic rings. The zero-order chi connectivity index (χ0) is 8.27. The Bertz CT molecular complexity index is 194. The van der Waals surface area contributed by atoms with Gasteiger partial charge in [0.05, 0.1) is 7.11 Å². The zero-order valence-corrected chi connectivity index (χ0v) is 6.62. The van der Waals surface area contributed by atoms with E-state index in [1.165, 1.54) is 13.2 Å². The standard InChI is InChI=1S/C9H12O2/c1-3-7-6-8(7)4-5-9(10)11-2/h3-5,7-8H,1,6H2,2H3/b5-4+/t7-,8-/m0/s1. The Labute approximate surface area is 66.5 Å². The van der Waals surface area contributed by atoms with Crippen LogP contribution < -0.4 is 0 Å². The first-order valence-corrected chi connectivity index (χ1v) is 3.66. The number of carbonyl (C=O) groups excluding carboxylic acids is 1. The molecule has 0 heterocycles. The maximum Gasteiger partial charge on any atom is 0.330 e. The SMILES string of the molecule is C=C[C@H]1C[C@@H]1/C=C/C(=O)OC. The second kappa shape index (κ2) is 3.37. The molecule has 0 saturated heterocycles. The second-order valence-electron chi connectivity index (χ2n) is 2.68. The van der Waals surface area contributed by atoms with Gasteiger partial charge >= 0.3 is 5.97 Å². The fourth-order valence-electron chi connectivity index (χ4n) is 0.998. The molecule has 0 aromatic carbocycles. The zero-order valence-electron chi connectivity index (χ0n) is 6.62. The van der Waals surface area contributed by atoms with E-state index in [0.717, 1.165) is 6.42 Å². The lowest BCUT2D eigenvalue weighted by molar-refractivity contribution is -0.134. The summed E-state index contributed by atoms with van der Waals surface area (Å²) in [4.78, 5) is 10.6. The van der Waals surface area contributed by atoms with E-state index in [1.54, 1.807) is 0 Å². The third kappa shape index (κ3) is 2.22. The van der Waals surface area contributed by atoms with Gasteiger partial charge in [0.15, 0.2) is 0 Å². The minimum absolute atomic E-state index is 0.278. The third-order valence-corrected chi connectivity index (χ3v) is 1.87. The van der Waals surface area contributed by atoms with E-state index in [2.05, 4.69) is 11.3 Å². The van der Waals surface area contributed by atoms with Crippen LogP contribution in [0.1, 0.15) is 6.42 Å². The number of esters is 1. The van der Waals surface area contributed by atoms with Crippen molar-refractivity contribution in [2.24, 2.45) is 11.8 Å². The molecule has 0 aromatic heterocycles. The van der Waals surface area contributed by atoms with Crippen LogP contribution in [-0.4, -0.2) is 13.1 Å². The number of ether oxygens (including phenoxy) is 1. The lowest BCUT2D eigenvalue weighted by Crippen LogP contribution is -1.93. The molecule has 2 nitrogen and oxygen atoms in total. The van der Waals surface area contributed by atoms with Gasteiger partial charge in [-0.1, -0.05) is 12.2 Å². The maximum atomic E-state index is 10.6. The van der Waals surface area contributed by atoms with Crippen molar-refractivity contribution in [3.8, 4) is 0 Å². The van der Waals surface area contributed by atoms with Crippen molar-refractivity contribution in [1.29, 1.82) is 0 Å². The monoisotopic (exact) mass is 152 g/mol. The van der Waals surface area contributed by atoms with Crippen LogP contribution in [-0.2, 0) is 9.53 Å². The molecule has 1 aliphatic carbocycles. The predicted octanol–water partition coefficient (Wildman–Crippen LogP) is 1.54. The molecule has 1 fully saturated rings. The van der Waals surface area contributed by atoms with E-state index in [1.807, 2.05) is 12.2 Å². The van der Waals surface area contributed by atoms with Crippen molar-refractivity contribution in [1.82, 2.24) is 0 Å². The van der Waals surface area contributed by atoms with Crippen LogP contribution in [0.3, 0.4) is 0 Å². The molecule has 1 rings (SSSR count). The van der Waals surface area contributed by atoms with Crippen LogP contribution in [0, 0.1) is 11.8 Å². The minimum atomic E-state index is -0.278. The van der Waals surface area contributed by atoms with Crippen LogP contribution in [0.4, 0.5) is 0 Å². The molecule has 0 aliphatic heterocycles. The van der Waals surface area contributed by atoms with E-state index >= 15 is 0 Å². The topological polar surface area (TPSA) is 26.3 Å². The van der Waals surface area contributed by atoms with Gasteiger partial charge in [-0.15, -0.1) is 6.58 Å². The fraction of sp³-hybridized carbons (Fsp3) is 0.444. The summed E-state index contributed by atoms with van der Waals surface area (Å²) in [6.45, 7) is 3.67. The molecule has 0 radical (unpaired) electrons. The van der Waals surface area contributed by atoms with Gasteiger partial charge in [-0.2, -0.15) is 0 Å². The average molecular weight is 152 g/mol. The smallest absolute Gasteiger partial charge is 0.330 e. The van der Waals surface area contributed by atoms with Crippen LogP contribution in [0.25, 0.3) is 0 Å². The van der Waals surface area contributed by atoms with Crippen molar-refractivity contribution < 1.29 is 9.53 Å². The Morgan fingerprint density at radius 2 is 2.36 bits per heavy atom. The third-order valence-electron chi connectivity index (χ3n) is 1.87. The highest BCUT2D eigenvalue weighted by Gasteiger charge is 2.31. The highest BCUT2D eigenvalue weighted by atomic mass is 16.5. The van der Waals surface area contributed by atoms with Crippen LogP contribution in [0.15, 0.2) is 24.8 Å². The van der Waals surface area contributed by atoms with Gasteiger partial charge in [0.1, 0.15) is 0 Å². The van der Waals surface area contributed by atoms with Gasteiger partial charge in [-0.05, 0) is 18.3 Å². The summed E-state index contributed by atoms with van der Waals surface area (Å²) in [6.07, 6.45) is 6.41. The van der Waals surface area contributed by atoms with E-state index in [0.29, 0.717) is 11.8 Å². The molecule has 0 spiro atoms. The van der Waals surface area contributed by atoms with E-state index in [9.17, 15) is 4.79 Å². The minimum Gasteiger partial charge on any atom is -0.466 e. The number of rotatable bonds is 3. The summed E-state index contributed by atoms with van der Waals surface area (Å²) >= 11 is 0. The largest absolute Gasteiger partial charge is 0.466 e.